The van der Waals surface area contributed by atoms with Crippen LogP contribution in [0.15, 0.2) is 48.5 Å². The van der Waals surface area contributed by atoms with E-state index in [0.29, 0.717) is 21.4 Å². The second-order valence-electron chi connectivity index (χ2n) is 9.75. The number of non-ortho nitro benzene ring substituents is 2. The maximum absolute atomic E-state index is 12.5. The molecule has 1 unspecified atom stereocenters. The molecule has 1 fully saturated rings. The van der Waals surface area contributed by atoms with Gasteiger partial charge in [-0.1, -0.05) is 53.4 Å². The topological polar surface area (TPSA) is 196 Å². The Kier molecular flexibility index (Phi) is 8.83. The van der Waals surface area contributed by atoms with Crippen LogP contribution >= 0.6 is 22.7 Å². The normalized spacial score (nSPS) is 16.5. The summed E-state index contributed by atoms with van der Waals surface area (Å²) in [5.74, 6) is -0.286. The lowest BCUT2D eigenvalue weighted by atomic mass is 9.82. The van der Waals surface area contributed by atoms with Crippen molar-refractivity contribution in [3.8, 4) is 0 Å². The van der Waals surface area contributed by atoms with Crippen LogP contribution in [0.3, 0.4) is 0 Å². The second-order valence-corrected chi connectivity index (χ2v) is 11.8. The standard InChI is InChI=1S/C26H24N8O6S2/c35-21(12-15-4-8-19(9-5-15)33(37)38)27-25-31-29-23(41-25)17-2-1-3-18(14-17)24-30-32-26(42-24)28-22(36)13-16-6-10-20(11-7-16)34(39)40/h4-11,17-18H,1-3,12-14H2,(H,27,31,35)(H,28,32,36)/t17-,18?/m0/s1. The summed E-state index contributed by atoms with van der Waals surface area (Å²) in [5, 5.41) is 46.5. The molecule has 1 aliphatic rings. The third kappa shape index (κ3) is 7.32. The van der Waals surface area contributed by atoms with Crippen LogP contribution in [0.5, 0.6) is 0 Å². The highest BCUT2D eigenvalue weighted by atomic mass is 32.1. The van der Waals surface area contributed by atoms with Gasteiger partial charge in [-0.2, -0.15) is 0 Å². The highest BCUT2D eigenvalue weighted by Gasteiger charge is 2.29. The van der Waals surface area contributed by atoms with Crippen molar-refractivity contribution in [2.24, 2.45) is 0 Å². The van der Waals surface area contributed by atoms with E-state index < -0.39 is 9.85 Å². The van der Waals surface area contributed by atoms with Crippen LogP contribution in [0.2, 0.25) is 0 Å². The summed E-state index contributed by atoms with van der Waals surface area (Å²) in [6.45, 7) is 0. The van der Waals surface area contributed by atoms with Crippen LogP contribution in [-0.2, 0) is 22.4 Å². The fourth-order valence-electron chi connectivity index (χ4n) is 4.71. The minimum atomic E-state index is -0.489. The third-order valence-electron chi connectivity index (χ3n) is 6.77. The van der Waals surface area contributed by atoms with E-state index in [0.717, 1.165) is 35.7 Å². The molecular weight excluding hydrogens is 584 g/mol. The van der Waals surface area contributed by atoms with Crippen LogP contribution in [0.25, 0.3) is 0 Å². The van der Waals surface area contributed by atoms with Gasteiger partial charge in [0.15, 0.2) is 0 Å². The molecule has 4 aromatic rings. The lowest BCUT2D eigenvalue weighted by Crippen LogP contribution is -2.14. The van der Waals surface area contributed by atoms with Gasteiger partial charge in [-0.25, -0.2) is 0 Å². The molecule has 2 aromatic carbocycles. The number of anilines is 2. The molecule has 0 saturated heterocycles. The fraction of sp³-hybridized carbons (Fsp3) is 0.308. The molecule has 16 heteroatoms. The summed E-state index contributed by atoms with van der Waals surface area (Å²) in [6, 6.07) is 11.7. The number of nitrogens with one attached hydrogen (secondary N) is 2. The number of hydrogen-bond acceptors (Lipinski definition) is 12. The molecule has 216 valence electrons. The Hall–Kier alpha value is -4.70. The zero-order chi connectivity index (χ0) is 29.6. The smallest absolute Gasteiger partial charge is 0.269 e. The molecule has 1 aliphatic carbocycles. The molecule has 0 radical (unpaired) electrons. The summed E-state index contributed by atoms with van der Waals surface area (Å²) < 4.78 is 0. The Labute approximate surface area is 246 Å². The average molecular weight is 609 g/mol. The molecule has 14 nitrogen and oxygen atoms in total. The number of amides is 2. The summed E-state index contributed by atoms with van der Waals surface area (Å²) >= 11 is 2.66. The molecule has 5 rings (SSSR count). The Bertz CT molecular complexity index is 1490. The first-order valence-electron chi connectivity index (χ1n) is 13.0. The fourth-order valence-corrected chi connectivity index (χ4v) is 6.52. The SMILES string of the molecule is O=C(Cc1ccc([N+](=O)[O-])cc1)Nc1nnc(C2CCC[C@H](c3nnc(NC(=O)Cc4ccc([N+](=O)[O-])cc4)s3)C2)s1. The van der Waals surface area contributed by atoms with Gasteiger partial charge in [0.2, 0.25) is 22.1 Å². The molecule has 1 saturated carbocycles. The summed E-state index contributed by atoms with van der Waals surface area (Å²) in [5.41, 5.74) is 1.23. The molecule has 2 N–H and O–H groups in total. The number of benzene rings is 2. The Balaban J connectivity index is 1.13. The van der Waals surface area contributed by atoms with Gasteiger partial charge in [0.05, 0.1) is 22.7 Å². The van der Waals surface area contributed by atoms with E-state index in [9.17, 15) is 29.8 Å². The lowest BCUT2D eigenvalue weighted by Gasteiger charge is -2.25. The van der Waals surface area contributed by atoms with E-state index in [2.05, 4.69) is 31.0 Å². The molecule has 0 aliphatic heterocycles. The van der Waals surface area contributed by atoms with Gasteiger partial charge < -0.3 is 10.6 Å². The molecule has 2 atom stereocenters. The summed E-state index contributed by atoms with van der Waals surface area (Å²) in [7, 11) is 0. The number of nitrogens with zero attached hydrogens (tertiary/aromatic N) is 6. The Morgan fingerprint density at radius 2 is 1.12 bits per heavy atom. The number of hydrogen-bond donors (Lipinski definition) is 2. The number of carbonyl (C=O) groups excluding carboxylic acids is 2. The van der Waals surface area contributed by atoms with Gasteiger partial charge in [0.25, 0.3) is 11.4 Å². The van der Waals surface area contributed by atoms with Crippen LogP contribution in [0.4, 0.5) is 21.6 Å². The van der Waals surface area contributed by atoms with Crippen molar-refractivity contribution in [2.75, 3.05) is 10.6 Å². The van der Waals surface area contributed by atoms with Crippen LogP contribution in [-0.4, -0.2) is 42.1 Å². The number of nitro benzene ring substituents is 2. The van der Waals surface area contributed by atoms with E-state index in [1.807, 2.05) is 0 Å². The largest absolute Gasteiger partial charge is 0.300 e. The van der Waals surface area contributed by atoms with Crippen LogP contribution in [0, 0.1) is 20.2 Å². The molecule has 2 amide bonds. The van der Waals surface area contributed by atoms with Gasteiger partial charge in [0.1, 0.15) is 10.0 Å². The molecule has 2 heterocycles. The molecule has 0 spiro atoms. The molecule has 0 bridgehead atoms. The first-order valence-corrected chi connectivity index (χ1v) is 14.6. The van der Waals surface area contributed by atoms with E-state index in [-0.39, 0.29) is 47.9 Å². The second kappa shape index (κ2) is 12.9. The highest BCUT2D eigenvalue weighted by molar-refractivity contribution is 7.15. The van der Waals surface area contributed by atoms with E-state index in [4.69, 9.17) is 0 Å². The summed E-state index contributed by atoms with van der Waals surface area (Å²) in [4.78, 5) is 45.6. The first-order chi connectivity index (χ1) is 20.2. The van der Waals surface area contributed by atoms with E-state index in [1.54, 1.807) is 24.3 Å². The minimum absolute atomic E-state index is 0.0344. The van der Waals surface area contributed by atoms with E-state index in [1.165, 1.54) is 46.9 Å². The van der Waals surface area contributed by atoms with Gasteiger partial charge in [-0.15, -0.1) is 20.4 Å². The highest BCUT2D eigenvalue weighted by Crippen LogP contribution is 2.43. The van der Waals surface area contributed by atoms with Crippen molar-refractivity contribution in [1.82, 2.24) is 20.4 Å². The van der Waals surface area contributed by atoms with Crippen LogP contribution in [0.1, 0.15) is 58.7 Å². The third-order valence-corrected chi connectivity index (χ3v) is 8.77. The van der Waals surface area contributed by atoms with Crippen LogP contribution < -0.4 is 10.6 Å². The van der Waals surface area contributed by atoms with Crippen molar-refractivity contribution >= 4 is 56.1 Å². The first kappa shape index (κ1) is 28.8. The Morgan fingerprint density at radius 3 is 1.50 bits per heavy atom. The van der Waals surface area contributed by atoms with Crippen molar-refractivity contribution in [3.05, 3.63) is 89.9 Å². The van der Waals surface area contributed by atoms with Gasteiger partial charge in [0, 0.05) is 36.1 Å². The van der Waals surface area contributed by atoms with E-state index >= 15 is 0 Å². The van der Waals surface area contributed by atoms with Gasteiger partial charge >= 0.3 is 0 Å². The predicted octanol–water partition coefficient (Wildman–Crippen LogP) is 5.01. The maximum Gasteiger partial charge on any atom is 0.269 e. The lowest BCUT2D eigenvalue weighted by molar-refractivity contribution is -0.385. The molecule has 42 heavy (non-hydrogen) atoms. The number of aromatic nitrogens is 4. The zero-order valence-corrected chi connectivity index (χ0v) is 23.6. The zero-order valence-electron chi connectivity index (χ0n) is 22.0. The van der Waals surface area contributed by atoms with Crippen molar-refractivity contribution in [1.29, 1.82) is 0 Å². The number of rotatable bonds is 10. The van der Waals surface area contributed by atoms with Gasteiger partial charge in [-0.05, 0) is 30.4 Å². The maximum atomic E-state index is 12.5. The molecular formula is C26H24N8O6S2. The predicted molar refractivity (Wildman–Crippen MR) is 155 cm³/mol. The molecule has 2 aromatic heterocycles. The quantitative estimate of drug-likeness (QED) is 0.182. The number of carbonyl (C=O) groups is 2. The number of nitro groups is 2. The van der Waals surface area contributed by atoms with Crippen molar-refractivity contribution in [3.63, 3.8) is 0 Å². The Morgan fingerprint density at radius 1 is 0.714 bits per heavy atom. The monoisotopic (exact) mass is 608 g/mol. The average Bonchev–Trinajstić information content (AvgIpc) is 3.63. The minimum Gasteiger partial charge on any atom is -0.300 e. The van der Waals surface area contributed by atoms with Crippen molar-refractivity contribution < 1.29 is 19.4 Å². The van der Waals surface area contributed by atoms with Crippen molar-refractivity contribution in [2.45, 2.75) is 50.4 Å². The van der Waals surface area contributed by atoms with Gasteiger partial charge in [-0.3, -0.25) is 29.8 Å². The summed E-state index contributed by atoms with van der Waals surface area (Å²) in [6.07, 6.45) is 3.72.